The summed E-state index contributed by atoms with van der Waals surface area (Å²) >= 11 is 1.80. The maximum absolute atomic E-state index is 5.22. The van der Waals surface area contributed by atoms with Crippen molar-refractivity contribution in [3.63, 3.8) is 0 Å². The maximum Gasteiger partial charge on any atom is 0.0618 e. The van der Waals surface area contributed by atoms with E-state index in [0.717, 1.165) is 6.61 Å². The van der Waals surface area contributed by atoms with Gasteiger partial charge in [-0.2, -0.15) is 0 Å². The highest BCUT2D eigenvalue weighted by Crippen LogP contribution is 2.19. The van der Waals surface area contributed by atoms with E-state index in [1.165, 1.54) is 4.88 Å². The molecular weight excluding hydrogens is 206 g/mol. The molecule has 15 heavy (non-hydrogen) atoms. The van der Waals surface area contributed by atoms with Crippen LogP contribution in [-0.2, 0) is 4.74 Å². The van der Waals surface area contributed by atoms with Gasteiger partial charge in [-0.1, -0.05) is 19.9 Å². The predicted octanol–water partition coefficient (Wildman–Crippen LogP) is 3.07. The number of hydrogen-bond donors (Lipinski definition) is 1. The number of thiophene rings is 1. The zero-order valence-electron chi connectivity index (χ0n) is 9.99. The molecule has 1 unspecified atom stereocenters. The zero-order chi connectivity index (χ0) is 11.3. The molecule has 1 aromatic rings. The van der Waals surface area contributed by atoms with Crippen molar-refractivity contribution in [2.24, 2.45) is 5.92 Å². The van der Waals surface area contributed by atoms with Crippen LogP contribution in [0.5, 0.6) is 0 Å². The molecular formula is C12H21NOS. The second-order valence-corrected chi connectivity index (χ2v) is 5.19. The highest BCUT2D eigenvalue weighted by molar-refractivity contribution is 7.10. The Kier molecular flexibility index (Phi) is 5.29. The number of methoxy groups -OCH3 is 1. The summed E-state index contributed by atoms with van der Waals surface area (Å²) in [5.74, 6) is 0.590. The smallest absolute Gasteiger partial charge is 0.0618 e. The van der Waals surface area contributed by atoms with Gasteiger partial charge in [0, 0.05) is 24.1 Å². The van der Waals surface area contributed by atoms with Crippen molar-refractivity contribution < 1.29 is 4.74 Å². The molecule has 86 valence electrons. The summed E-state index contributed by atoms with van der Waals surface area (Å²) in [6.07, 6.45) is 0. The van der Waals surface area contributed by atoms with E-state index in [0.29, 0.717) is 18.0 Å². The Bertz CT molecular complexity index is 259. The fraction of sp³-hybridized carbons (Fsp3) is 0.667. The van der Waals surface area contributed by atoms with E-state index in [9.17, 15) is 0 Å². The topological polar surface area (TPSA) is 21.3 Å². The van der Waals surface area contributed by atoms with Gasteiger partial charge in [0.2, 0.25) is 0 Å². The lowest BCUT2D eigenvalue weighted by molar-refractivity contribution is 0.142. The van der Waals surface area contributed by atoms with E-state index in [2.05, 4.69) is 43.6 Å². The molecule has 0 bridgehead atoms. The third-order valence-electron chi connectivity index (χ3n) is 2.58. The van der Waals surface area contributed by atoms with Crippen LogP contribution in [0.1, 0.15) is 31.7 Å². The van der Waals surface area contributed by atoms with Gasteiger partial charge in [-0.3, -0.25) is 0 Å². The van der Waals surface area contributed by atoms with Gasteiger partial charge in [0.25, 0.3) is 0 Å². The molecule has 1 aromatic heterocycles. The van der Waals surface area contributed by atoms with Gasteiger partial charge in [-0.15, -0.1) is 11.3 Å². The van der Waals surface area contributed by atoms with Crippen LogP contribution in [-0.4, -0.2) is 19.8 Å². The Morgan fingerprint density at radius 1 is 1.40 bits per heavy atom. The molecule has 2 nitrogen and oxygen atoms in total. The molecule has 1 heterocycles. The monoisotopic (exact) mass is 227 g/mol. The van der Waals surface area contributed by atoms with E-state index < -0.39 is 0 Å². The number of rotatable bonds is 6. The van der Waals surface area contributed by atoms with Crippen LogP contribution in [0.4, 0.5) is 0 Å². The second kappa shape index (κ2) is 6.26. The summed E-state index contributed by atoms with van der Waals surface area (Å²) < 4.78 is 5.22. The van der Waals surface area contributed by atoms with Gasteiger partial charge < -0.3 is 10.1 Å². The maximum atomic E-state index is 5.22. The van der Waals surface area contributed by atoms with Crippen molar-refractivity contribution >= 4 is 11.3 Å². The number of ether oxygens (including phenoxy) is 1. The molecule has 0 radical (unpaired) electrons. The zero-order valence-corrected chi connectivity index (χ0v) is 10.8. The molecule has 0 aliphatic rings. The Hall–Kier alpha value is -0.380. The largest absolute Gasteiger partial charge is 0.383 e. The summed E-state index contributed by atoms with van der Waals surface area (Å²) in [6, 6.07) is 5.10. The van der Waals surface area contributed by atoms with Gasteiger partial charge in [0.1, 0.15) is 0 Å². The van der Waals surface area contributed by atoms with E-state index >= 15 is 0 Å². The third-order valence-corrected chi connectivity index (χ3v) is 3.64. The minimum absolute atomic E-state index is 0.410. The Morgan fingerprint density at radius 2 is 2.13 bits per heavy atom. The molecule has 0 aliphatic heterocycles. The van der Waals surface area contributed by atoms with Gasteiger partial charge in [0.15, 0.2) is 0 Å². The average Bonchev–Trinajstić information content (AvgIpc) is 2.69. The molecule has 0 saturated carbocycles. The standard InChI is InChI=1S/C12H21NOS/c1-9(2)11(8-14-4)13-10(3)12-6-5-7-15-12/h5-7,9-11,13H,8H2,1-4H3/t10-,11?/m1/s1. The quantitative estimate of drug-likeness (QED) is 0.806. The molecule has 0 aromatic carbocycles. The van der Waals surface area contributed by atoms with Crippen LogP contribution in [0.25, 0.3) is 0 Å². The molecule has 0 fully saturated rings. The summed E-state index contributed by atoms with van der Waals surface area (Å²) in [7, 11) is 1.76. The van der Waals surface area contributed by atoms with Gasteiger partial charge >= 0.3 is 0 Å². The summed E-state index contributed by atoms with van der Waals surface area (Å²) in [6.45, 7) is 7.42. The average molecular weight is 227 g/mol. The summed E-state index contributed by atoms with van der Waals surface area (Å²) in [4.78, 5) is 1.39. The molecule has 3 heteroatoms. The van der Waals surface area contributed by atoms with E-state index in [1.54, 1.807) is 18.4 Å². The van der Waals surface area contributed by atoms with Crippen molar-refractivity contribution in [1.29, 1.82) is 0 Å². The van der Waals surface area contributed by atoms with Crippen molar-refractivity contribution in [3.8, 4) is 0 Å². The second-order valence-electron chi connectivity index (χ2n) is 4.21. The third kappa shape index (κ3) is 3.93. The SMILES string of the molecule is COCC(N[C@H](C)c1cccs1)C(C)C. The predicted molar refractivity (Wildman–Crippen MR) is 66.4 cm³/mol. The van der Waals surface area contributed by atoms with Crippen LogP contribution in [0, 0.1) is 5.92 Å². The molecule has 2 atom stereocenters. The van der Waals surface area contributed by atoms with Crippen LogP contribution in [0.3, 0.4) is 0 Å². The molecule has 0 saturated heterocycles. The molecule has 0 aliphatic carbocycles. The minimum atomic E-state index is 0.410. The first-order valence-electron chi connectivity index (χ1n) is 5.43. The summed E-state index contributed by atoms with van der Waals surface area (Å²) in [5, 5.41) is 5.72. The Balaban J connectivity index is 2.50. The first kappa shape index (κ1) is 12.7. The normalized spacial score (nSPS) is 15.5. The van der Waals surface area contributed by atoms with Gasteiger partial charge in [-0.25, -0.2) is 0 Å². The molecule has 1 N–H and O–H groups in total. The van der Waals surface area contributed by atoms with Gasteiger partial charge in [-0.05, 0) is 24.3 Å². The molecule has 0 spiro atoms. The molecule has 1 rings (SSSR count). The van der Waals surface area contributed by atoms with Crippen LogP contribution < -0.4 is 5.32 Å². The lowest BCUT2D eigenvalue weighted by Crippen LogP contribution is -2.39. The van der Waals surface area contributed by atoms with Crippen molar-refractivity contribution in [1.82, 2.24) is 5.32 Å². The Labute approximate surface area is 96.7 Å². The highest BCUT2D eigenvalue weighted by atomic mass is 32.1. The number of hydrogen-bond acceptors (Lipinski definition) is 3. The first-order valence-corrected chi connectivity index (χ1v) is 6.31. The van der Waals surface area contributed by atoms with Crippen LogP contribution >= 0.6 is 11.3 Å². The lowest BCUT2D eigenvalue weighted by atomic mass is 10.0. The highest BCUT2D eigenvalue weighted by Gasteiger charge is 2.16. The van der Waals surface area contributed by atoms with E-state index in [4.69, 9.17) is 4.74 Å². The Morgan fingerprint density at radius 3 is 2.60 bits per heavy atom. The van der Waals surface area contributed by atoms with Crippen LogP contribution in [0.15, 0.2) is 17.5 Å². The first-order chi connectivity index (χ1) is 7.15. The fourth-order valence-electron chi connectivity index (χ4n) is 1.55. The molecule has 0 amide bonds. The van der Waals surface area contributed by atoms with E-state index in [-0.39, 0.29) is 0 Å². The minimum Gasteiger partial charge on any atom is -0.383 e. The number of nitrogens with one attached hydrogen (secondary N) is 1. The van der Waals surface area contributed by atoms with E-state index in [1.807, 2.05) is 0 Å². The fourth-order valence-corrected chi connectivity index (χ4v) is 2.30. The van der Waals surface area contributed by atoms with Crippen molar-refractivity contribution in [3.05, 3.63) is 22.4 Å². The van der Waals surface area contributed by atoms with Crippen molar-refractivity contribution in [2.75, 3.05) is 13.7 Å². The van der Waals surface area contributed by atoms with Crippen LogP contribution in [0.2, 0.25) is 0 Å². The van der Waals surface area contributed by atoms with Gasteiger partial charge in [0.05, 0.1) is 6.61 Å². The lowest BCUT2D eigenvalue weighted by Gasteiger charge is -2.25. The summed E-state index contributed by atoms with van der Waals surface area (Å²) in [5.41, 5.74) is 0. The van der Waals surface area contributed by atoms with Crippen molar-refractivity contribution in [2.45, 2.75) is 32.9 Å².